The summed E-state index contributed by atoms with van der Waals surface area (Å²) in [6.07, 6.45) is 69.9. The number of rotatable bonds is 56. The van der Waals surface area contributed by atoms with Crippen LogP contribution in [0.5, 0.6) is 0 Å². The molecule has 0 bridgehead atoms. The zero-order chi connectivity index (χ0) is 50.0. The van der Waals surface area contributed by atoms with Crippen LogP contribution in [0.3, 0.4) is 0 Å². The van der Waals surface area contributed by atoms with Crippen molar-refractivity contribution in [1.82, 2.24) is 0 Å². The highest BCUT2D eigenvalue weighted by Gasteiger charge is 2.19. The minimum atomic E-state index is -0.774. The monoisotopic (exact) mass is 969 g/mol. The van der Waals surface area contributed by atoms with Gasteiger partial charge in [0.05, 0.1) is 0 Å². The van der Waals surface area contributed by atoms with Crippen molar-refractivity contribution < 1.29 is 28.6 Å². The van der Waals surface area contributed by atoms with Crippen molar-refractivity contribution in [3.8, 4) is 0 Å². The van der Waals surface area contributed by atoms with Crippen molar-refractivity contribution in [2.75, 3.05) is 13.2 Å². The minimum Gasteiger partial charge on any atom is -0.462 e. The smallest absolute Gasteiger partial charge is 0.306 e. The Balaban J connectivity index is 4.34. The summed E-state index contributed by atoms with van der Waals surface area (Å²) < 4.78 is 16.9. The molecule has 1 unspecified atom stereocenters. The first-order chi connectivity index (χ1) is 34.0. The van der Waals surface area contributed by atoms with Crippen molar-refractivity contribution in [3.05, 3.63) is 36.5 Å². The van der Waals surface area contributed by atoms with Gasteiger partial charge in [0.1, 0.15) is 13.2 Å². The third kappa shape index (κ3) is 56.4. The molecule has 0 N–H and O–H groups in total. The van der Waals surface area contributed by atoms with Crippen LogP contribution in [-0.2, 0) is 28.6 Å². The Morgan fingerprint density at radius 3 is 0.841 bits per heavy atom. The van der Waals surface area contributed by atoms with Crippen LogP contribution >= 0.6 is 0 Å². The van der Waals surface area contributed by atoms with Gasteiger partial charge in [-0.1, -0.05) is 269 Å². The van der Waals surface area contributed by atoms with Crippen LogP contribution in [0.1, 0.15) is 329 Å². The molecule has 0 spiro atoms. The molecule has 0 aromatic heterocycles. The molecule has 0 amide bonds. The van der Waals surface area contributed by atoms with Gasteiger partial charge in [0, 0.05) is 19.3 Å². The number of unbranched alkanes of at least 4 members (excludes halogenated alkanes) is 39. The van der Waals surface area contributed by atoms with Crippen molar-refractivity contribution in [1.29, 1.82) is 0 Å². The van der Waals surface area contributed by atoms with E-state index in [1.807, 2.05) is 0 Å². The van der Waals surface area contributed by atoms with E-state index in [4.69, 9.17) is 14.2 Å². The first-order valence-corrected chi connectivity index (χ1v) is 30.5. The van der Waals surface area contributed by atoms with Crippen molar-refractivity contribution in [3.63, 3.8) is 0 Å². The molecule has 6 nitrogen and oxygen atoms in total. The number of hydrogen-bond acceptors (Lipinski definition) is 6. The maximum atomic E-state index is 12.9. The predicted octanol–water partition coefficient (Wildman–Crippen LogP) is 20.4. The van der Waals surface area contributed by atoms with Gasteiger partial charge >= 0.3 is 17.9 Å². The Bertz CT molecular complexity index is 1160. The lowest BCUT2D eigenvalue weighted by Crippen LogP contribution is -2.30. The molecule has 0 aliphatic carbocycles. The molecule has 1 atom stereocenters. The zero-order valence-electron chi connectivity index (χ0n) is 46.3. The first-order valence-electron chi connectivity index (χ1n) is 30.5. The summed E-state index contributed by atoms with van der Waals surface area (Å²) in [5.74, 6) is -0.859. The molecule has 0 saturated carbocycles. The van der Waals surface area contributed by atoms with Crippen LogP contribution < -0.4 is 0 Å². The van der Waals surface area contributed by atoms with E-state index < -0.39 is 6.10 Å². The highest BCUT2D eigenvalue weighted by Crippen LogP contribution is 2.17. The quantitative estimate of drug-likeness (QED) is 0.0261. The third-order valence-electron chi connectivity index (χ3n) is 13.6. The van der Waals surface area contributed by atoms with Gasteiger partial charge in [-0.15, -0.1) is 0 Å². The molecular weight excluding hydrogens is 853 g/mol. The lowest BCUT2D eigenvalue weighted by Gasteiger charge is -2.18. The molecule has 6 heteroatoms. The predicted molar refractivity (Wildman–Crippen MR) is 298 cm³/mol. The second-order valence-corrected chi connectivity index (χ2v) is 20.6. The number of carbonyl (C=O) groups excluding carboxylic acids is 3. The van der Waals surface area contributed by atoms with E-state index in [0.29, 0.717) is 19.3 Å². The fourth-order valence-corrected chi connectivity index (χ4v) is 9.00. The highest BCUT2D eigenvalue weighted by atomic mass is 16.6. The van der Waals surface area contributed by atoms with Crippen LogP contribution in [0.15, 0.2) is 36.5 Å². The van der Waals surface area contributed by atoms with E-state index in [9.17, 15) is 14.4 Å². The lowest BCUT2D eigenvalue weighted by molar-refractivity contribution is -0.167. The van der Waals surface area contributed by atoms with E-state index in [2.05, 4.69) is 57.2 Å². The molecule has 0 aliphatic heterocycles. The summed E-state index contributed by atoms with van der Waals surface area (Å²) in [6.45, 7) is 6.66. The number of allylic oxidation sites excluding steroid dienone is 6. The number of carbonyl (C=O) groups is 3. The molecule has 0 aromatic carbocycles. The van der Waals surface area contributed by atoms with Crippen LogP contribution in [0.2, 0.25) is 0 Å². The summed E-state index contributed by atoms with van der Waals surface area (Å²) in [5, 5.41) is 0. The maximum absolute atomic E-state index is 12.9. The molecule has 404 valence electrons. The molecule has 0 heterocycles. The lowest BCUT2D eigenvalue weighted by atomic mass is 10.0. The molecule has 0 aromatic rings. The standard InChI is InChI=1S/C63H116O6/c1-4-7-10-13-16-19-22-25-28-30-31-33-35-38-41-44-47-50-53-56-62(65)68-59-60(58-67-61(64)55-52-49-46-43-40-37-34-27-24-21-18-15-12-9-6-3)69-63(66)57-54-51-48-45-42-39-36-32-29-26-23-20-17-14-11-8-5-2/h16,19,25-26,28-29,60H,4-15,17-18,20-24,27,30-59H2,1-3H3/b19-16-,28-25-,29-26-. The second kappa shape index (κ2) is 58.2. The van der Waals surface area contributed by atoms with Gasteiger partial charge in [-0.3, -0.25) is 14.4 Å². The fraction of sp³-hybridized carbons (Fsp3) is 0.857. The largest absolute Gasteiger partial charge is 0.462 e. The maximum Gasteiger partial charge on any atom is 0.306 e. The molecular formula is C63H116O6. The third-order valence-corrected chi connectivity index (χ3v) is 13.6. The van der Waals surface area contributed by atoms with Gasteiger partial charge in [-0.05, 0) is 77.0 Å². The normalized spacial score (nSPS) is 12.2. The summed E-state index contributed by atoms with van der Waals surface area (Å²) in [5.41, 5.74) is 0. The average molecular weight is 970 g/mol. The van der Waals surface area contributed by atoms with Crippen molar-refractivity contribution in [2.45, 2.75) is 335 Å². The second-order valence-electron chi connectivity index (χ2n) is 20.6. The Morgan fingerprint density at radius 1 is 0.290 bits per heavy atom. The summed E-state index contributed by atoms with van der Waals surface area (Å²) in [4.78, 5) is 38.2. The van der Waals surface area contributed by atoms with E-state index in [1.165, 1.54) is 225 Å². The summed E-state index contributed by atoms with van der Waals surface area (Å²) in [6, 6.07) is 0. The Labute approximate surface area is 429 Å². The van der Waals surface area contributed by atoms with Gasteiger partial charge in [-0.2, -0.15) is 0 Å². The average Bonchev–Trinajstić information content (AvgIpc) is 3.35. The first kappa shape index (κ1) is 66.6. The molecule has 0 fully saturated rings. The van der Waals surface area contributed by atoms with Crippen LogP contribution in [-0.4, -0.2) is 37.2 Å². The Kier molecular flexibility index (Phi) is 56.2. The van der Waals surface area contributed by atoms with E-state index in [1.54, 1.807) is 0 Å². The Hall–Kier alpha value is -2.37. The van der Waals surface area contributed by atoms with Crippen LogP contribution in [0.25, 0.3) is 0 Å². The molecule has 0 rings (SSSR count). The molecule has 0 radical (unpaired) electrons. The molecule has 0 aliphatic rings. The summed E-state index contributed by atoms with van der Waals surface area (Å²) in [7, 11) is 0. The van der Waals surface area contributed by atoms with Crippen LogP contribution in [0.4, 0.5) is 0 Å². The SMILES string of the molecule is CCCCC/C=C\C/C=C\CCCCCCCCCCCC(=O)OCC(COC(=O)CCCCCCCCCCCCCCCCC)OC(=O)CCCCCCCCC/C=C\CCCCCCCC. The van der Waals surface area contributed by atoms with Crippen molar-refractivity contribution in [2.24, 2.45) is 0 Å². The number of esters is 3. The zero-order valence-corrected chi connectivity index (χ0v) is 46.3. The number of ether oxygens (including phenoxy) is 3. The topological polar surface area (TPSA) is 78.9 Å². The summed E-state index contributed by atoms with van der Waals surface area (Å²) >= 11 is 0. The van der Waals surface area contributed by atoms with Gasteiger partial charge in [-0.25, -0.2) is 0 Å². The highest BCUT2D eigenvalue weighted by molar-refractivity contribution is 5.71. The van der Waals surface area contributed by atoms with Crippen LogP contribution in [0, 0.1) is 0 Å². The number of hydrogen-bond donors (Lipinski definition) is 0. The fourth-order valence-electron chi connectivity index (χ4n) is 9.00. The van der Waals surface area contributed by atoms with Gasteiger partial charge in [0.25, 0.3) is 0 Å². The van der Waals surface area contributed by atoms with Crippen molar-refractivity contribution >= 4 is 17.9 Å². The van der Waals surface area contributed by atoms with Gasteiger partial charge in [0.2, 0.25) is 0 Å². The molecule has 0 saturated heterocycles. The van der Waals surface area contributed by atoms with E-state index >= 15 is 0 Å². The van der Waals surface area contributed by atoms with E-state index in [-0.39, 0.29) is 31.1 Å². The van der Waals surface area contributed by atoms with Gasteiger partial charge < -0.3 is 14.2 Å². The van der Waals surface area contributed by atoms with E-state index in [0.717, 1.165) is 64.2 Å². The minimum absolute atomic E-state index is 0.0711. The van der Waals surface area contributed by atoms with Gasteiger partial charge in [0.15, 0.2) is 6.10 Å². The Morgan fingerprint density at radius 2 is 0.522 bits per heavy atom. The molecule has 69 heavy (non-hydrogen) atoms.